The second-order valence-corrected chi connectivity index (χ2v) is 4.58. The number of benzene rings is 1. The summed E-state index contributed by atoms with van der Waals surface area (Å²) in [6.07, 6.45) is 0. The summed E-state index contributed by atoms with van der Waals surface area (Å²) in [7, 11) is 0. The normalized spacial score (nSPS) is 15.4. The van der Waals surface area contributed by atoms with Crippen LogP contribution in [0, 0.1) is 0 Å². The number of amides is 2. The van der Waals surface area contributed by atoms with Crippen molar-refractivity contribution in [2.24, 2.45) is 0 Å². The summed E-state index contributed by atoms with van der Waals surface area (Å²) in [6, 6.07) is 4.81. The number of hydrogen-bond acceptors (Lipinski definition) is 4. The monoisotopic (exact) mass is 283 g/mol. The van der Waals surface area contributed by atoms with Crippen molar-refractivity contribution in [3.8, 4) is 0 Å². The lowest BCUT2D eigenvalue weighted by molar-refractivity contribution is -0.144. The first-order valence-corrected chi connectivity index (χ1v) is 6.14. The van der Waals surface area contributed by atoms with Crippen LogP contribution in [0.4, 0.5) is 11.4 Å². The van der Waals surface area contributed by atoms with E-state index in [1.807, 2.05) is 0 Å². The summed E-state index contributed by atoms with van der Waals surface area (Å²) in [5.41, 5.74) is 6.59. The quantitative estimate of drug-likeness (QED) is 0.801. The molecule has 0 spiro atoms. The van der Waals surface area contributed by atoms with Gasteiger partial charge in [-0.3, -0.25) is 9.59 Å². The molecule has 0 unspecified atom stereocenters. The van der Waals surface area contributed by atoms with Crippen LogP contribution in [0.3, 0.4) is 0 Å². The summed E-state index contributed by atoms with van der Waals surface area (Å²) in [4.78, 5) is 24.8. The highest BCUT2D eigenvalue weighted by Crippen LogP contribution is 2.22. The van der Waals surface area contributed by atoms with Crippen LogP contribution in [0.25, 0.3) is 0 Å². The van der Waals surface area contributed by atoms with Crippen LogP contribution in [0.15, 0.2) is 18.2 Å². The zero-order valence-corrected chi connectivity index (χ0v) is 10.9. The molecule has 7 heteroatoms. The van der Waals surface area contributed by atoms with Gasteiger partial charge in [-0.2, -0.15) is 0 Å². The topological polar surface area (TPSA) is 84.7 Å². The third kappa shape index (κ3) is 3.59. The third-order valence-electron chi connectivity index (χ3n) is 2.71. The molecule has 3 N–H and O–H groups in total. The van der Waals surface area contributed by atoms with E-state index in [2.05, 4.69) is 5.32 Å². The van der Waals surface area contributed by atoms with E-state index in [9.17, 15) is 9.59 Å². The molecule has 0 radical (unpaired) electrons. The number of carbonyl (C=O) groups is 2. The highest BCUT2D eigenvalue weighted by Gasteiger charge is 2.21. The molecule has 2 rings (SSSR count). The van der Waals surface area contributed by atoms with Crippen LogP contribution >= 0.6 is 11.6 Å². The molecule has 6 nitrogen and oxygen atoms in total. The van der Waals surface area contributed by atoms with Crippen molar-refractivity contribution in [1.82, 2.24) is 4.90 Å². The molecule has 1 aliphatic heterocycles. The maximum atomic E-state index is 11.8. The largest absolute Gasteiger partial charge is 0.397 e. The van der Waals surface area contributed by atoms with Crippen LogP contribution in [-0.4, -0.2) is 43.0 Å². The summed E-state index contributed by atoms with van der Waals surface area (Å²) in [5, 5.41) is 3.11. The van der Waals surface area contributed by atoms with Crippen molar-refractivity contribution in [2.75, 3.05) is 37.4 Å². The van der Waals surface area contributed by atoms with Crippen molar-refractivity contribution >= 4 is 34.8 Å². The van der Waals surface area contributed by atoms with Gasteiger partial charge in [0, 0.05) is 11.6 Å². The zero-order valence-electron chi connectivity index (χ0n) is 10.2. The summed E-state index contributed by atoms with van der Waals surface area (Å²) in [6.45, 7) is 0.857. The number of morpholine rings is 1. The van der Waals surface area contributed by atoms with Crippen molar-refractivity contribution in [3.63, 3.8) is 0 Å². The van der Waals surface area contributed by atoms with Gasteiger partial charge in [-0.25, -0.2) is 0 Å². The zero-order chi connectivity index (χ0) is 13.8. The maximum Gasteiger partial charge on any atom is 0.249 e. The van der Waals surface area contributed by atoms with E-state index in [0.717, 1.165) is 0 Å². The molecule has 1 saturated heterocycles. The molecule has 0 bridgehead atoms. The maximum absolute atomic E-state index is 11.8. The number of halogens is 1. The molecule has 1 fully saturated rings. The summed E-state index contributed by atoms with van der Waals surface area (Å²) < 4.78 is 4.99. The van der Waals surface area contributed by atoms with E-state index in [1.165, 1.54) is 4.90 Å². The van der Waals surface area contributed by atoms with Crippen LogP contribution in [-0.2, 0) is 14.3 Å². The molecule has 2 amide bonds. The van der Waals surface area contributed by atoms with Crippen LogP contribution in [0.5, 0.6) is 0 Å². The summed E-state index contributed by atoms with van der Waals surface area (Å²) >= 11 is 5.83. The number of nitrogens with two attached hydrogens (primary N) is 1. The average molecular weight is 284 g/mol. The number of nitrogens with zero attached hydrogens (tertiary/aromatic N) is 1. The fraction of sp³-hybridized carbons (Fsp3) is 0.333. The summed E-state index contributed by atoms with van der Waals surface area (Å²) in [5.74, 6) is -0.510. The minimum Gasteiger partial charge on any atom is -0.397 e. The first-order valence-electron chi connectivity index (χ1n) is 5.76. The van der Waals surface area contributed by atoms with Gasteiger partial charge < -0.3 is 20.7 Å². The fourth-order valence-electron chi connectivity index (χ4n) is 1.72. The SMILES string of the molecule is Nc1ccc(Cl)cc1NC(=O)CN1CCOCC1=O. The van der Waals surface area contributed by atoms with Gasteiger partial charge in [0.05, 0.1) is 18.0 Å². The molecule has 0 saturated carbocycles. The lowest BCUT2D eigenvalue weighted by Gasteiger charge is -2.26. The Morgan fingerprint density at radius 1 is 1.53 bits per heavy atom. The molecule has 19 heavy (non-hydrogen) atoms. The van der Waals surface area contributed by atoms with Gasteiger partial charge >= 0.3 is 0 Å². The molecule has 1 aromatic rings. The lowest BCUT2D eigenvalue weighted by atomic mass is 10.2. The van der Waals surface area contributed by atoms with Gasteiger partial charge in [0.15, 0.2) is 0 Å². The minimum atomic E-state index is -0.316. The van der Waals surface area contributed by atoms with E-state index in [0.29, 0.717) is 29.5 Å². The van der Waals surface area contributed by atoms with Gasteiger partial charge in [-0.05, 0) is 18.2 Å². The highest BCUT2D eigenvalue weighted by atomic mass is 35.5. The Morgan fingerprint density at radius 2 is 2.32 bits per heavy atom. The van der Waals surface area contributed by atoms with Gasteiger partial charge in [0.1, 0.15) is 13.2 Å². The van der Waals surface area contributed by atoms with Crippen LogP contribution < -0.4 is 11.1 Å². The molecular weight excluding hydrogens is 270 g/mol. The molecule has 1 heterocycles. The fourth-order valence-corrected chi connectivity index (χ4v) is 1.89. The standard InChI is InChI=1S/C12H14ClN3O3/c13-8-1-2-9(14)10(5-8)15-11(17)6-16-3-4-19-7-12(16)18/h1-2,5H,3-4,6-7,14H2,(H,15,17). The molecule has 1 aliphatic rings. The van der Waals surface area contributed by atoms with Crippen molar-refractivity contribution in [3.05, 3.63) is 23.2 Å². The van der Waals surface area contributed by atoms with Gasteiger partial charge in [-0.1, -0.05) is 11.6 Å². The third-order valence-corrected chi connectivity index (χ3v) is 2.94. The minimum absolute atomic E-state index is 0.0197. The average Bonchev–Trinajstić information content (AvgIpc) is 2.37. The van der Waals surface area contributed by atoms with Gasteiger partial charge in [0.2, 0.25) is 11.8 Å². The molecule has 0 atom stereocenters. The van der Waals surface area contributed by atoms with E-state index in [4.69, 9.17) is 22.1 Å². The molecule has 102 valence electrons. The number of hydrogen-bond donors (Lipinski definition) is 2. The van der Waals surface area contributed by atoms with Gasteiger partial charge in [-0.15, -0.1) is 0 Å². The first kappa shape index (κ1) is 13.6. The van der Waals surface area contributed by atoms with Crippen molar-refractivity contribution in [1.29, 1.82) is 0 Å². The van der Waals surface area contributed by atoms with E-state index in [1.54, 1.807) is 18.2 Å². The van der Waals surface area contributed by atoms with Crippen LogP contribution in [0.1, 0.15) is 0 Å². The number of carbonyl (C=O) groups excluding carboxylic acids is 2. The lowest BCUT2D eigenvalue weighted by Crippen LogP contribution is -2.45. The Morgan fingerprint density at radius 3 is 3.05 bits per heavy atom. The smallest absolute Gasteiger partial charge is 0.249 e. The number of ether oxygens (including phenoxy) is 1. The Labute approximate surface area is 115 Å². The number of nitrogen functional groups attached to an aromatic ring is 1. The molecule has 0 aromatic heterocycles. The van der Waals surface area contributed by atoms with Crippen molar-refractivity contribution in [2.45, 2.75) is 0 Å². The predicted molar refractivity (Wildman–Crippen MR) is 71.9 cm³/mol. The van der Waals surface area contributed by atoms with E-state index >= 15 is 0 Å². The van der Waals surface area contributed by atoms with E-state index < -0.39 is 0 Å². The molecule has 0 aliphatic carbocycles. The Bertz CT molecular complexity index is 507. The Balaban J connectivity index is 1.97. The number of rotatable bonds is 3. The second-order valence-electron chi connectivity index (χ2n) is 4.15. The highest BCUT2D eigenvalue weighted by molar-refractivity contribution is 6.31. The molecular formula is C12H14ClN3O3. The Hall–Kier alpha value is -1.79. The van der Waals surface area contributed by atoms with E-state index in [-0.39, 0.29) is 25.0 Å². The second kappa shape index (κ2) is 5.90. The van der Waals surface area contributed by atoms with Crippen LogP contribution in [0.2, 0.25) is 5.02 Å². The number of nitrogens with one attached hydrogen (secondary N) is 1. The predicted octanol–water partition coefficient (Wildman–Crippen LogP) is 0.719. The molecule has 1 aromatic carbocycles. The number of anilines is 2. The van der Waals surface area contributed by atoms with Crippen molar-refractivity contribution < 1.29 is 14.3 Å². The first-order chi connectivity index (χ1) is 9.06. The van der Waals surface area contributed by atoms with Gasteiger partial charge in [0.25, 0.3) is 0 Å². The Kier molecular flexibility index (Phi) is 4.24.